The van der Waals surface area contributed by atoms with Crippen LogP contribution in [0.25, 0.3) is 0 Å². The van der Waals surface area contributed by atoms with Crippen molar-refractivity contribution in [2.24, 2.45) is 4.99 Å². The molecule has 1 saturated heterocycles. The average molecular weight is 273 g/mol. The van der Waals surface area contributed by atoms with Gasteiger partial charge in [-0.15, -0.1) is 0 Å². The van der Waals surface area contributed by atoms with E-state index in [1.165, 1.54) is 11.4 Å². The summed E-state index contributed by atoms with van der Waals surface area (Å²) in [5, 5.41) is 3.54. The molecule has 0 amide bonds. The van der Waals surface area contributed by atoms with E-state index in [0.717, 1.165) is 32.6 Å². The third kappa shape index (κ3) is 3.83. The van der Waals surface area contributed by atoms with E-state index in [4.69, 9.17) is 4.99 Å². The Morgan fingerprint density at radius 3 is 2.55 bits per heavy atom. The van der Waals surface area contributed by atoms with Gasteiger partial charge < -0.3 is 10.2 Å². The molecule has 0 aromatic heterocycles. The van der Waals surface area contributed by atoms with Gasteiger partial charge in [-0.25, -0.2) is 0 Å². The van der Waals surface area contributed by atoms with Crippen molar-refractivity contribution in [3.8, 4) is 0 Å². The molecule has 1 aromatic rings. The van der Waals surface area contributed by atoms with Crippen LogP contribution in [0, 0.1) is 0 Å². The number of hydrogen-bond donors (Lipinski definition) is 1. The van der Waals surface area contributed by atoms with E-state index in [1.54, 1.807) is 0 Å². The Balaban J connectivity index is 1.90. The number of nitrogens with zero attached hydrogens (tertiary/aromatic N) is 2. The van der Waals surface area contributed by atoms with Gasteiger partial charge in [0.05, 0.1) is 12.4 Å². The van der Waals surface area contributed by atoms with E-state index < -0.39 is 0 Å². The molecule has 2 unspecified atom stereocenters. The van der Waals surface area contributed by atoms with Crippen LogP contribution >= 0.6 is 0 Å². The van der Waals surface area contributed by atoms with Gasteiger partial charge in [0.25, 0.3) is 0 Å². The first-order valence-electron chi connectivity index (χ1n) is 7.81. The molecule has 1 aliphatic heterocycles. The molecule has 20 heavy (non-hydrogen) atoms. The average Bonchev–Trinajstić information content (AvgIpc) is 2.85. The van der Waals surface area contributed by atoms with Gasteiger partial charge in [-0.2, -0.15) is 0 Å². The largest absolute Gasteiger partial charge is 0.371 e. The first-order valence-corrected chi connectivity index (χ1v) is 7.81. The van der Waals surface area contributed by atoms with E-state index in [0.29, 0.717) is 12.0 Å². The molecule has 1 aliphatic rings. The van der Waals surface area contributed by atoms with E-state index in [1.807, 2.05) is 0 Å². The van der Waals surface area contributed by atoms with Gasteiger partial charge in [0.15, 0.2) is 0 Å². The first kappa shape index (κ1) is 15.0. The Bertz CT molecular complexity index is 423. The minimum Gasteiger partial charge on any atom is -0.371 e. The van der Waals surface area contributed by atoms with Crippen molar-refractivity contribution in [2.75, 3.05) is 26.2 Å². The second kappa shape index (κ2) is 7.44. The van der Waals surface area contributed by atoms with Gasteiger partial charge in [0.2, 0.25) is 0 Å². The lowest BCUT2D eigenvalue weighted by molar-refractivity contribution is 0.313. The molecule has 1 fully saturated rings. The summed E-state index contributed by atoms with van der Waals surface area (Å²) >= 11 is 0. The molecule has 3 heteroatoms. The van der Waals surface area contributed by atoms with Crippen molar-refractivity contribution in [2.45, 2.75) is 39.2 Å². The highest BCUT2D eigenvalue weighted by Crippen LogP contribution is 2.28. The van der Waals surface area contributed by atoms with E-state index >= 15 is 0 Å². The molecule has 0 spiro atoms. The van der Waals surface area contributed by atoms with Gasteiger partial charge in [-0.1, -0.05) is 44.2 Å². The number of aliphatic imine (C=N–C) groups is 1. The highest BCUT2D eigenvalue weighted by atomic mass is 15.1. The lowest BCUT2D eigenvalue weighted by Gasteiger charge is -2.16. The summed E-state index contributed by atoms with van der Waals surface area (Å²) in [4.78, 5) is 7.16. The quantitative estimate of drug-likeness (QED) is 0.863. The summed E-state index contributed by atoms with van der Waals surface area (Å²) in [5.74, 6) is 1.74. The number of likely N-dealkylation sites (N-methyl/N-ethyl adjacent to an activating group) is 1. The molecule has 2 atom stereocenters. The minimum absolute atomic E-state index is 0.476. The van der Waals surface area contributed by atoms with Crippen LogP contribution < -0.4 is 5.32 Å². The van der Waals surface area contributed by atoms with Crippen LogP contribution in [-0.2, 0) is 0 Å². The van der Waals surface area contributed by atoms with Crippen LogP contribution in [0.4, 0.5) is 0 Å². The van der Waals surface area contributed by atoms with Crippen LogP contribution in [0.2, 0.25) is 0 Å². The summed E-state index contributed by atoms with van der Waals surface area (Å²) in [7, 11) is 0. The topological polar surface area (TPSA) is 27.6 Å². The number of amidine groups is 1. The minimum atomic E-state index is 0.476. The van der Waals surface area contributed by atoms with Gasteiger partial charge in [0, 0.05) is 24.9 Å². The number of benzene rings is 1. The van der Waals surface area contributed by atoms with Crippen LogP contribution in [0.5, 0.6) is 0 Å². The van der Waals surface area contributed by atoms with Crippen LogP contribution in [0.15, 0.2) is 35.3 Å². The zero-order chi connectivity index (χ0) is 14.4. The van der Waals surface area contributed by atoms with Crippen LogP contribution in [0.3, 0.4) is 0 Å². The lowest BCUT2D eigenvalue weighted by Crippen LogP contribution is -2.28. The third-order valence-electron chi connectivity index (χ3n) is 4.25. The highest BCUT2D eigenvalue weighted by Gasteiger charge is 2.28. The Labute approximate surface area is 123 Å². The SMILES string of the molecule is CCN(CC)CCN=C1CC(c2ccccc2)C(C)N1. The summed E-state index contributed by atoms with van der Waals surface area (Å²) in [5.41, 5.74) is 1.42. The van der Waals surface area contributed by atoms with Crippen molar-refractivity contribution >= 4 is 5.84 Å². The number of rotatable bonds is 6. The molecular weight excluding hydrogens is 246 g/mol. The van der Waals surface area contributed by atoms with Gasteiger partial charge in [0.1, 0.15) is 0 Å². The van der Waals surface area contributed by atoms with Gasteiger partial charge in [-0.05, 0) is 25.6 Å². The zero-order valence-electron chi connectivity index (χ0n) is 13.0. The van der Waals surface area contributed by atoms with Crippen molar-refractivity contribution in [3.63, 3.8) is 0 Å². The molecule has 0 aliphatic carbocycles. The predicted molar refractivity (Wildman–Crippen MR) is 86.5 cm³/mol. The summed E-state index contributed by atoms with van der Waals surface area (Å²) in [6.45, 7) is 10.8. The Morgan fingerprint density at radius 1 is 1.20 bits per heavy atom. The molecule has 2 rings (SSSR count). The normalized spacial score (nSPS) is 24.3. The highest BCUT2D eigenvalue weighted by molar-refractivity contribution is 5.85. The maximum atomic E-state index is 4.75. The standard InChI is InChI=1S/C17H27N3/c1-4-20(5-2)12-11-18-17-13-16(14(3)19-17)15-9-7-6-8-10-15/h6-10,14,16H,4-5,11-13H2,1-3H3,(H,18,19). The van der Waals surface area contributed by atoms with E-state index in [-0.39, 0.29) is 0 Å². The summed E-state index contributed by atoms with van der Waals surface area (Å²) < 4.78 is 0. The predicted octanol–water partition coefficient (Wildman–Crippen LogP) is 2.89. The molecular formula is C17H27N3. The van der Waals surface area contributed by atoms with Crippen molar-refractivity contribution in [3.05, 3.63) is 35.9 Å². The zero-order valence-corrected chi connectivity index (χ0v) is 13.0. The molecule has 1 aromatic carbocycles. The summed E-state index contributed by atoms with van der Waals surface area (Å²) in [6, 6.07) is 11.2. The molecule has 110 valence electrons. The van der Waals surface area contributed by atoms with Crippen LogP contribution in [-0.4, -0.2) is 43.0 Å². The fraction of sp³-hybridized carbons (Fsp3) is 0.588. The van der Waals surface area contributed by atoms with Crippen molar-refractivity contribution in [1.82, 2.24) is 10.2 Å². The molecule has 0 bridgehead atoms. The fourth-order valence-electron chi connectivity index (χ4n) is 2.89. The number of hydrogen-bond acceptors (Lipinski definition) is 2. The Kier molecular flexibility index (Phi) is 5.60. The first-order chi connectivity index (χ1) is 9.74. The monoisotopic (exact) mass is 273 g/mol. The smallest absolute Gasteiger partial charge is 0.0972 e. The second-order valence-electron chi connectivity index (χ2n) is 5.51. The number of nitrogens with one attached hydrogen (secondary N) is 1. The van der Waals surface area contributed by atoms with Crippen molar-refractivity contribution in [1.29, 1.82) is 0 Å². The maximum Gasteiger partial charge on any atom is 0.0972 e. The fourth-order valence-corrected chi connectivity index (χ4v) is 2.89. The Hall–Kier alpha value is -1.35. The van der Waals surface area contributed by atoms with Gasteiger partial charge in [-0.3, -0.25) is 4.99 Å². The van der Waals surface area contributed by atoms with E-state index in [2.05, 4.69) is 61.3 Å². The maximum absolute atomic E-state index is 4.75. The lowest BCUT2D eigenvalue weighted by atomic mass is 9.93. The molecule has 1 heterocycles. The molecule has 0 radical (unpaired) electrons. The van der Waals surface area contributed by atoms with Crippen LogP contribution in [0.1, 0.15) is 38.7 Å². The van der Waals surface area contributed by atoms with E-state index in [9.17, 15) is 0 Å². The third-order valence-corrected chi connectivity index (χ3v) is 4.25. The Morgan fingerprint density at radius 2 is 1.90 bits per heavy atom. The van der Waals surface area contributed by atoms with Crippen molar-refractivity contribution < 1.29 is 0 Å². The molecule has 1 N–H and O–H groups in total. The second-order valence-corrected chi connectivity index (χ2v) is 5.51. The summed E-state index contributed by atoms with van der Waals surface area (Å²) in [6.07, 6.45) is 1.05. The molecule has 0 saturated carbocycles. The van der Waals surface area contributed by atoms with Gasteiger partial charge >= 0.3 is 0 Å². The molecule has 3 nitrogen and oxygen atoms in total.